The molecule has 1 aliphatic heterocycles. The Labute approximate surface area is 168 Å². The summed E-state index contributed by atoms with van der Waals surface area (Å²) in [6.07, 6.45) is 4.19. The quantitative estimate of drug-likeness (QED) is 0.512. The highest BCUT2D eigenvalue weighted by Crippen LogP contribution is 2.35. The summed E-state index contributed by atoms with van der Waals surface area (Å²) >= 11 is 0. The van der Waals surface area contributed by atoms with Crippen LogP contribution >= 0.6 is 0 Å². The average Bonchev–Trinajstić information content (AvgIpc) is 3.17. The van der Waals surface area contributed by atoms with Crippen LogP contribution in [0.2, 0.25) is 0 Å². The summed E-state index contributed by atoms with van der Waals surface area (Å²) in [7, 11) is 0. The Bertz CT molecular complexity index is 966. The fraction of sp³-hybridized carbons (Fsp3) is 0.476. The summed E-state index contributed by atoms with van der Waals surface area (Å²) in [6.45, 7) is 5.27. The normalized spacial score (nSPS) is 12.2. The molecule has 0 atom stereocenters. The van der Waals surface area contributed by atoms with Crippen LogP contribution in [-0.4, -0.2) is 36.4 Å². The number of unbranched alkanes of at least 4 members (excludes halogenated alkanes) is 2. The van der Waals surface area contributed by atoms with E-state index in [1.54, 1.807) is 25.3 Å². The average molecular weight is 402 g/mol. The van der Waals surface area contributed by atoms with Crippen LogP contribution in [-0.2, 0) is 16.1 Å². The second-order valence-corrected chi connectivity index (χ2v) is 6.75. The lowest BCUT2D eigenvalue weighted by atomic mass is 10.1. The molecule has 1 aromatic carbocycles. The lowest BCUT2D eigenvalue weighted by Gasteiger charge is -2.12. The van der Waals surface area contributed by atoms with Gasteiger partial charge in [-0.1, -0.05) is 6.42 Å². The third-order valence-electron chi connectivity index (χ3n) is 4.81. The van der Waals surface area contributed by atoms with E-state index in [0.29, 0.717) is 54.9 Å². The van der Waals surface area contributed by atoms with E-state index < -0.39 is 5.91 Å². The molecular weight excluding hydrogens is 376 g/mol. The Morgan fingerprint density at radius 3 is 2.62 bits per heavy atom. The molecular formula is C21H26N2O6. The first-order valence-electron chi connectivity index (χ1n) is 9.95. The molecule has 1 aromatic heterocycles. The Balaban J connectivity index is 1.65. The number of nitrogens with zero attached hydrogens (tertiary/aromatic N) is 1. The highest BCUT2D eigenvalue weighted by Gasteiger charge is 2.20. The Morgan fingerprint density at radius 1 is 1.14 bits per heavy atom. The van der Waals surface area contributed by atoms with E-state index in [4.69, 9.17) is 14.2 Å². The lowest BCUT2D eigenvalue weighted by molar-refractivity contribution is -0.143. The number of hydrogen-bond donors (Lipinski definition) is 1. The molecule has 0 spiro atoms. The van der Waals surface area contributed by atoms with Gasteiger partial charge >= 0.3 is 5.97 Å². The summed E-state index contributed by atoms with van der Waals surface area (Å²) in [6, 6.07) is 3.41. The number of ether oxygens (including phenoxy) is 3. The summed E-state index contributed by atoms with van der Waals surface area (Å²) in [4.78, 5) is 36.8. The fourth-order valence-electron chi connectivity index (χ4n) is 3.30. The van der Waals surface area contributed by atoms with E-state index in [2.05, 4.69) is 5.32 Å². The Morgan fingerprint density at radius 2 is 1.90 bits per heavy atom. The zero-order chi connectivity index (χ0) is 20.8. The molecule has 8 nitrogen and oxygen atoms in total. The van der Waals surface area contributed by atoms with Crippen molar-refractivity contribution in [3.63, 3.8) is 0 Å². The number of benzene rings is 1. The minimum absolute atomic E-state index is 0.102. The number of aromatic nitrogens is 1. The summed E-state index contributed by atoms with van der Waals surface area (Å²) in [5.41, 5.74) is 0.477. The van der Waals surface area contributed by atoms with Crippen LogP contribution in [0.1, 0.15) is 49.9 Å². The highest BCUT2D eigenvalue weighted by molar-refractivity contribution is 5.97. The zero-order valence-electron chi connectivity index (χ0n) is 16.8. The number of esters is 1. The summed E-state index contributed by atoms with van der Waals surface area (Å²) in [5, 5.41) is 3.23. The second kappa shape index (κ2) is 9.45. The van der Waals surface area contributed by atoms with Gasteiger partial charge in [-0.3, -0.25) is 14.4 Å². The van der Waals surface area contributed by atoms with E-state index in [0.717, 1.165) is 12.8 Å². The van der Waals surface area contributed by atoms with Crippen LogP contribution in [0.25, 0.3) is 10.9 Å². The van der Waals surface area contributed by atoms with Crippen molar-refractivity contribution in [2.24, 2.45) is 0 Å². The monoisotopic (exact) mass is 402 g/mol. The van der Waals surface area contributed by atoms with Crippen LogP contribution in [0.5, 0.6) is 11.5 Å². The minimum atomic E-state index is -0.401. The molecule has 1 aliphatic rings. The predicted octanol–water partition coefficient (Wildman–Crippen LogP) is 2.60. The molecule has 0 saturated heterocycles. The van der Waals surface area contributed by atoms with Gasteiger partial charge in [0.25, 0.3) is 5.91 Å². The van der Waals surface area contributed by atoms with E-state index in [1.807, 2.05) is 11.5 Å². The maximum absolute atomic E-state index is 12.9. The van der Waals surface area contributed by atoms with Gasteiger partial charge in [-0.25, -0.2) is 0 Å². The molecule has 8 heteroatoms. The number of aryl methyl sites for hydroxylation is 1. The fourth-order valence-corrected chi connectivity index (χ4v) is 3.30. The van der Waals surface area contributed by atoms with Crippen molar-refractivity contribution in [2.45, 2.75) is 46.1 Å². The molecule has 0 saturated carbocycles. The van der Waals surface area contributed by atoms with Crippen molar-refractivity contribution >= 4 is 22.8 Å². The largest absolute Gasteiger partial charge is 0.466 e. The molecule has 29 heavy (non-hydrogen) atoms. The van der Waals surface area contributed by atoms with E-state index in [1.165, 1.54) is 0 Å². The van der Waals surface area contributed by atoms with Crippen LogP contribution in [0.3, 0.4) is 0 Å². The third-order valence-corrected chi connectivity index (χ3v) is 4.81. The van der Waals surface area contributed by atoms with Crippen molar-refractivity contribution in [3.05, 3.63) is 34.1 Å². The number of nitrogens with one attached hydrogen (secondary N) is 1. The number of amides is 1. The maximum atomic E-state index is 12.9. The molecule has 3 rings (SSSR count). The van der Waals surface area contributed by atoms with E-state index >= 15 is 0 Å². The maximum Gasteiger partial charge on any atom is 0.305 e. The lowest BCUT2D eigenvalue weighted by Crippen LogP contribution is -2.30. The first-order valence-corrected chi connectivity index (χ1v) is 9.95. The molecule has 0 unspecified atom stereocenters. The molecule has 1 amide bonds. The number of rotatable bonds is 9. The highest BCUT2D eigenvalue weighted by atomic mass is 16.7. The molecule has 2 aromatic rings. The van der Waals surface area contributed by atoms with Gasteiger partial charge in [-0.2, -0.15) is 0 Å². The number of hydrogen-bond acceptors (Lipinski definition) is 6. The minimum Gasteiger partial charge on any atom is -0.466 e. The van der Waals surface area contributed by atoms with Crippen LogP contribution in [0.4, 0.5) is 0 Å². The summed E-state index contributed by atoms with van der Waals surface area (Å²) < 4.78 is 17.5. The molecule has 1 N–H and O–H groups in total. The van der Waals surface area contributed by atoms with Gasteiger partial charge in [0.1, 0.15) is 5.56 Å². The molecule has 0 radical (unpaired) electrons. The topological polar surface area (TPSA) is 95.9 Å². The van der Waals surface area contributed by atoms with Crippen molar-refractivity contribution in [3.8, 4) is 11.5 Å². The smallest absolute Gasteiger partial charge is 0.305 e. The second-order valence-electron chi connectivity index (χ2n) is 6.75. The van der Waals surface area contributed by atoms with E-state index in [9.17, 15) is 14.4 Å². The van der Waals surface area contributed by atoms with Gasteiger partial charge in [0, 0.05) is 31.8 Å². The van der Waals surface area contributed by atoms with Crippen LogP contribution in [0.15, 0.2) is 23.1 Å². The van der Waals surface area contributed by atoms with Gasteiger partial charge in [-0.05, 0) is 32.8 Å². The molecule has 0 bridgehead atoms. The third kappa shape index (κ3) is 4.70. The predicted molar refractivity (Wildman–Crippen MR) is 107 cm³/mol. The van der Waals surface area contributed by atoms with E-state index in [-0.39, 0.29) is 23.8 Å². The standard InChI is InChI=1S/C21H26N2O6/c1-3-23-12-15(21(26)22-9-7-5-6-8-19(24)27-4-2)20(25)14-10-17-18(11-16(14)23)29-13-28-17/h10-12H,3-9,13H2,1-2H3,(H,22,26). The molecule has 2 heterocycles. The van der Waals surface area contributed by atoms with Gasteiger partial charge in [0.2, 0.25) is 12.2 Å². The number of carbonyl (C=O) groups excluding carboxylic acids is 2. The van der Waals surface area contributed by atoms with Crippen LogP contribution in [0, 0.1) is 0 Å². The first kappa shape index (κ1) is 20.7. The number of fused-ring (bicyclic) bond motifs is 2. The molecule has 0 aliphatic carbocycles. The van der Waals surface area contributed by atoms with Gasteiger partial charge in [-0.15, -0.1) is 0 Å². The van der Waals surface area contributed by atoms with Crippen molar-refractivity contribution < 1.29 is 23.8 Å². The number of carbonyl (C=O) groups is 2. The van der Waals surface area contributed by atoms with Crippen molar-refractivity contribution in [1.29, 1.82) is 0 Å². The Kier molecular flexibility index (Phi) is 6.74. The van der Waals surface area contributed by atoms with Gasteiger partial charge in [0.05, 0.1) is 17.5 Å². The number of pyridine rings is 1. The summed E-state index contributed by atoms with van der Waals surface area (Å²) in [5.74, 6) is 0.506. The SMILES string of the molecule is CCOC(=O)CCCCCNC(=O)c1cn(CC)c2cc3c(cc2c1=O)OCO3. The van der Waals surface area contributed by atoms with Crippen LogP contribution < -0.4 is 20.2 Å². The van der Waals surface area contributed by atoms with Crippen molar-refractivity contribution in [1.82, 2.24) is 9.88 Å². The van der Waals surface area contributed by atoms with Gasteiger partial charge < -0.3 is 24.1 Å². The van der Waals surface area contributed by atoms with Gasteiger partial charge in [0.15, 0.2) is 11.5 Å². The molecule has 0 fully saturated rings. The zero-order valence-corrected chi connectivity index (χ0v) is 16.8. The van der Waals surface area contributed by atoms with Crippen molar-refractivity contribution in [2.75, 3.05) is 19.9 Å². The first-order chi connectivity index (χ1) is 14.0. The molecule has 156 valence electrons. The Hall–Kier alpha value is -3.03.